The van der Waals surface area contributed by atoms with Crippen LogP contribution in [0.5, 0.6) is 0 Å². The normalized spacial score (nSPS) is 17.6. The van der Waals surface area contributed by atoms with Crippen LogP contribution in [-0.4, -0.2) is 52.0 Å². The molecule has 0 amide bonds. The van der Waals surface area contributed by atoms with E-state index in [-0.39, 0.29) is 0 Å². The molecule has 1 saturated carbocycles. The lowest BCUT2D eigenvalue weighted by atomic mass is 10.1. The lowest BCUT2D eigenvalue weighted by molar-refractivity contribution is 0.0896. The molecule has 0 radical (unpaired) electrons. The largest absolute Gasteiger partial charge is 0.460 e. The van der Waals surface area contributed by atoms with Crippen LogP contribution in [0.3, 0.4) is 0 Å². The summed E-state index contributed by atoms with van der Waals surface area (Å²) in [5.41, 5.74) is 5.17. The van der Waals surface area contributed by atoms with Crippen molar-refractivity contribution < 1.29 is 4.42 Å². The second-order valence-corrected chi connectivity index (χ2v) is 10.0. The highest BCUT2D eigenvalue weighted by Crippen LogP contribution is 2.36. The van der Waals surface area contributed by atoms with Gasteiger partial charge >= 0.3 is 0 Å². The maximum absolute atomic E-state index is 9.82. The van der Waals surface area contributed by atoms with Gasteiger partial charge in [0.15, 0.2) is 0 Å². The van der Waals surface area contributed by atoms with Crippen LogP contribution in [0.25, 0.3) is 22.2 Å². The third-order valence-electron chi connectivity index (χ3n) is 7.88. The minimum Gasteiger partial charge on any atom is -0.460 e. The molecule has 0 unspecified atom stereocenters. The zero-order valence-electron chi connectivity index (χ0n) is 20.8. The van der Waals surface area contributed by atoms with Crippen molar-refractivity contribution in [1.82, 2.24) is 19.8 Å². The molecular formula is C29H32N6O. The molecule has 1 saturated heterocycles. The van der Waals surface area contributed by atoms with E-state index in [1.807, 2.05) is 18.3 Å². The molecule has 1 aliphatic heterocycles. The predicted octanol–water partition coefficient (Wildman–Crippen LogP) is 5.81. The maximum Gasteiger partial charge on any atom is 0.138 e. The fourth-order valence-corrected chi connectivity index (χ4v) is 5.80. The number of aromatic amines is 1. The van der Waals surface area contributed by atoms with Gasteiger partial charge in [-0.05, 0) is 55.7 Å². The van der Waals surface area contributed by atoms with Gasteiger partial charge in [-0.15, -0.1) is 0 Å². The number of hydrogen-bond acceptors (Lipinski definition) is 6. The number of nitrogens with one attached hydrogen (secondary N) is 2. The Morgan fingerprint density at radius 2 is 1.92 bits per heavy atom. The fourth-order valence-electron chi connectivity index (χ4n) is 5.80. The summed E-state index contributed by atoms with van der Waals surface area (Å²) < 4.78 is 6.32. The van der Waals surface area contributed by atoms with Crippen molar-refractivity contribution >= 4 is 22.3 Å². The number of benzene rings is 1. The smallest absolute Gasteiger partial charge is 0.138 e. The third-order valence-corrected chi connectivity index (χ3v) is 7.88. The summed E-state index contributed by atoms with van der Waals surface area (Å²) in [5, 5.41) is 14.5. The predicted molar refractivity (Wildman–Crippen MR) is 142 cm³/mol. The number of rotatable bonds is 6. The van der Waals surface area contributed by atoms with E-state index in [0.29, 0.717) is 5.56 Å². The molecular weight excluding hydrogens is 448 g/mol. The Labute approximate surface area is 211 Å². The van der Waals surface area contributed by atoms with Crippen LogP contribution in [0.2, 0.25) is 0 Å². The number of H-pyrrole nitrogens is 1. The summed E-state index contributed by atoms with van der Waals surface area (Å²) in [5.74, 6) is 1.67. The molecule has 2 N–H and O–H groups in total. The van der Waals surface area contributed by atoms with E-state index in [1.165, 1.54) is 25.7 Å². The van der Waals surface area contributed by atoms with Crippen LogP contribution < -0.4 is 5.32 Å². The van der Waals surface area contributed by atoms with Gasteiger partial charge in [-0.25, -0.2) is 0 Å². The van der Waals surface area contributed by atoms with E-state index in [2.05, 4.69) is 56.3 Å². The summed E-state index contributed by atoms with van der Waals surface area (Å²) in [6.07, 6.45) is 10.8. The third kappa shape index (κ3) is 4.39. The molecule has 2 fully saturated rings. The molecule has 1 aliphatic carbocycles. The highest BCUT2D eigenvalue weighted by Gasteiger charge is 2.26. The van der Waals surface area contributed by atoms with Crippen molar-refractivity contribution in [1.29, 1.82) is 5.26 Å². The summed E-state index contributed by atoms with van der Waals surface area (Å²) in [7, 11) is 0. The van der Waals surface area contributed by atoms with Crippen molar-refractivity contribution in [2.24, 2.45) is 0 Å². The molecule has 7 heteroatoms. The zero-order valence-corrected chi connectivity index (χ0v) is 20.8. The van der Waals surface area contributed by atoms with Crippen molar-refractivity contribution in [3.05, 3.63) is 65.8 Å². The van der Waals surface area contributed by atoms with Crippen LogP contribution in [0, 0.1) is 18.3 Å². The average Bonchev–Trinajstić information content (AvgIpc) is 3.69. The van der Waals surface area contributed by atoms with Gasteiger partial charge in [0.1, 0.15) is 17.6 Å². The fraction of sp³-hybridized carbons (Fsp3) is 0.379. The minimum absolute atomic E-state index is 0.488. The summed E-state index contributed by atoms with van der Waals surface area (Å²) >= 11 is 0. The molecule has 184 valence electrons. The van der Waals surface area contributed by atoms with Crippen LogP contribution in [0.4, 0.5) is 11.4 Å². The number of hydrogen-bond donors (Lipinski definition) is 2. The quantitative estimate of drug-likeness (QED) is 0.362. The summed E-state index contributed by atoms with van der Waals surface area (Å²) in [4.78, 5) is 12.7. The Morgan fingerprint density at radius 3 is 2.72 bits per heavy atom. The van der Waals surface area contributed by atoms with Crippen LogP contribution in [0.15, 0.2) is 53.3 Å². The number of nitrogens with zero attached hydrogens (tertiary/aromatic N) is 4. The summed E-state index contributed by atoms with van der Waals surface area (Å²) in [6, 6.07) is 13.3. The second kappa shape index (κ2) is 9.81. The molecule has 6 rings (SSSR count). The Kier molecular flexibility index (Phi) is 6.22. The Bertz CT molecular complexity index is 1400. The van der Waals surface area contributed by atoms with Gasteiger partial charge in [0.05, 0.1) is 23.4 Å². The highest BCUT2D eigenvalue weighted by atomic mass is 16.3. The topological polar surface area (TPSA) is 84.1 Å². The SMILES string of the molecule is Cc1c(Nc2c(C#N)cncc2-c2ccc(CN3CCN(C4CCCC4)CC3)o2)ccc2[nH]ccc12. The Balaban J connectivity index is 1.21. The molecule has 2 aliphatic rings. The van der Waals surface area contributed by atoms with Crippen LogP contribution in [-0.2, 0) is 6.54 Å². The first-order valence-corrected chi connectivity index (χ1v) is 13.0. The standard InChI is InChI=1S/C29H32N6O/c1-20-24-10-11-32-27(24)8-7-26(20)33-29-21(16-30)17-31-18-25(29)28-9-6-23(36-28)19-34-12-14-35(15-13-34)22-4-2-3-5-22/h6-11,17-18,22,32H,2-5,12-15,19H2,1H3,(H,31,33). The number of aryl methyl sites for hydroxylation is 1. The van der Waals surface area contributed by atoms with Gasteiger partial charge in [0.2, 0.25) is 0 Å². The van der Waals surface area contributed by atoms with Gasteiger partial charge < -0.3 is 14.7 Å². The molecule has 1 aromatic carbocycles. The monoisotopic (exact) mass is 480 g/mol. The highest BCUT2D eigenvalue weighted by molar-refractivity contribution is 5.91. The van der Waals surface area contributed by atoms with Gasteiger partial charge in [0.25, 0.3) is 0 Å². The van der Waals surface area contributed by atoms with Gasteiger partial charge in [0, 0.05) is 67.4 Å². The number of nitriles is 1. The Morgan fingerprint density at radius 1 is 1.08 bits per heavy atom. The number of anilines is 2. The molecule has 3 aromatic heterocycles. The molecule has 0 bridgehead atoms. The molecule has 4 aromatic rings. The summed E-state index contributed by atoms with van der Waals surface area (Å²) in [6.45, 7) is 7.33. The van der Waals surface area contributed by atoms with Gasteiger partial charge in [-0.1, -0.05) is 12.8 Å². The first-order valence-electron chi connectivity index (χ1n) is 13.0. The van der Waals surface area contributed by atoms with E-state index < -0.39 is 0 Å². The maximum atomic E-state index is 9.82. The van der Waals surface area contributed by atoms with E-state index in [0.717, 1.165) is 83.7 Å². The minimum atomic E-state index is 0.488. The molecule has 36 heavy (non-hydrogen) atoms. The lowest BCUT2D eigenvalue weighted by Crippen LogP contribution is -2.49. The number of furan rings is 1. The second-order valence-electron chi connectivity index (χ2n) is 10.0. The van der Waals surface area contributed by atoms with Crippen LogP contribution in [0.1, 0.15) is 42.6 Å². The van der Waals surface area contributed by atoms with Crippen molar-refractivity contribution in [3.8, 4) is 17.4 Å². The van der Waals surface area contributed by atoms with Gasteiger partial charge in [-0.2, -0.15) is 5.26 Å². The number of piperazine rings is 1. The lowest BCUT2D eigenvalue weighted by Gasteiger charge is -2.37. The molecule has 0 spiro atoms. The average molecular weight is 481 g/mol. The molecule has 7 nitrogen and oxygen atoms in total. The molecule has 4 heterocycles. The van der Waals surface area contributed by atoms with Crippen LogP contribution >= 0.6 is 0 Å². The zero-order chi connectivity index (χ0) is 24.5. The molecule has 0 atom stereocenters. The van der Waals surface area contributed by atoms with E-state index in [1.54, 1.807) is 12.4 Å². The number of fused-ring (bicyclic) bond motifs is 1. The number of pyridine rings is 1. The van der Waals surface area contributed by atoms with Crippen molar-refractivity contribution in [3.63, 3.8) is 0 Å². The van der Waals surface area contributed by atoms with Crippen molar-refractivity contribution in [2.75, 3.05) is 31.5 Å². The van der Waals surface area contributed by atoms with E-state index in [4.69, 9.17) is 4.42 Å². The number of aromatic nitrogens is 2. The van der Waals surface area contributed by atoms with E-state index >= 15 is 0 Å². The Hall–Kier alpha value is -3.60. The first-order chi connectivity index (χ1) is 17.7. The van der Waals surface area contributed by atoms with Gasteiger partial charge in [-0.3, -0.25) is 14.8 Å². The first kappa shape index (κ1) is 22.8. The van der Waals surface area contributed by atoms with E-state index in [9.17, 15) is 5.26 Å². The van der Waals surface area contributed by atoms with Crippen molar-refractivity contribution in [2.45, 2.75) is 45.2 Å².